The van der Waals surface area contributed by atoms with Gasteiger partial charge in [0.05, 0.1) is 11.5 Å². The molecule has 11 heteroatoms. The Morgan fingerprint density at radius 3 is 2.14 bits per heavy atom. The van der Waals surface area contributed by atoms with Crippen molar-refractivity contribution < 1.29 is 40.9 Å². The van der Waals surface area contributed by atoms with Gasteiger partial charge in [-0.1, -0.05) is 24.3 Å². The molecule has 4 nitrogen and oxygen atoms in total. The Kier molecular flexibility index (Phi) is 9.54. The molecule has 0 spiro atoms. The zero-order valence-corrected chi connectivity index (χ0v) is 20.2. The van der Waals surface area contributed by atoms with Gasteiger partial charge in [-0.05, 0) is 73.9 Å². The maximum atomic E-state index is 12.9. The van der Waals surface area contributed by atoms with Crippen LogP contribution in [0.15, 0.2) is 48.5 Å². The Balaban J connectivity index is 1.76. The van der Waals surface area contributed by atoms with Gasteiger partial charge < -0.3 is 15.2 Å². The van der Waals surface area contributed by atoms with E-state index in [0.29, 0.717) is 29.9 Å². The van der Waals surface area contributed by atoms with Crippen molar-refractivity contribution in [1.82, 2.24) is 5.32 Å². The summed E-state index contributed by atoms with van der Waals surface area (Å²) in [6.45, 7) is 1.09. The lowest BCUT2D eigenvalue weighted by molar-refractivity contribution is -0.345. The van der Waals surface area contributed by atoms with E-state index in [4.69, 9.17) is 16.3 Å². The average molecular weight is 540 g/mol. The van der Waals surface area contributed by atoms with Crippen LogP contribution in [0.4, 0.5) is 26.3 Å². The summed E-state index contributed by atoms with van der Waals surface area (Å²) >= 11 is 6.07. The van der Waals surface area contributed by atoms with E-state index in [-0.39, 0.29) is 24.1 Å². The minimum absolute atomic E-state index is 0.117. The summed E-state index contributed by atoms with van der Waals surface area (Å²) in [4.78, 5) is 0. The Bertz CT molecular complexity index is 960. The lowest BCUT2D eigenvalue weighted by Crippen LogP contribution is -2.42. The molecule has 0 aliphatic heterocycles. The van der Waals surface area contributed by atoms with Crippen molar-refractivity contribution in [3.8, 4) is 11.5 Å². The minimum atomic E-state index is -4.80. The number of aliphatic hydroxyl groups is 1. The maximum absolute atomic E-state index is 12.9. The van der Waals surface area contributed by atoms with Crippen LogP contribution in [0.5, 0.6) is 11.5 Å². The van der Waals surface area contributed by atoms with E-state index in [2.05, 4.69) is 10.1 Å². The van der Waals surface area contributed by atoms with Gasteiger partial charge in [0.25, 0.3) is 0 Å². The molecule has 0 saturated heterocycles. The monoisotopic (exact) mass is 539 g/mol. The standard InChI is InChI=1S/C25H28ClF6NO3/c1-15(26)16-5-9-19(10-6-16)35-21-4-2-3-18(13-21)23(33-14-22(34)24(27,28)29)17-7-11-20(12-8-17)36-25(30,31)32/h2-6,9-10,13,15,17,20,22-23,33-34H,7-8,11-12,14H2,1H3. The van der Waals surface area contributed by atoms with Crippen LogP contribution in [0.3, 0.4) is 0 Å². The van der Waals surface area contributed by atoms with Crippen LogP contribution in [0.25, 0.3) is 0 Å². The SMILES string of the molecule is CC(Cl)c1ccc(Oc2cccc(C(NCC(O)C(F)(F)F)C3CCC(OC(F)(F)F)CC3)c2)cc1. The van der Waals surface area contributed by atoms with E-state index in [1.54, 1.807) is 36.4 Å². The summed E-state index contributed by atoms with van der Waals surface area (Å²) in [6, 6.07) is 13.3. The molecule has 1 aliphatic carbocycles. The fourth-order valence-corrected chi connectivity index (χ4v) is 4.49. The van der Waals surface area contributed by atoms with Crippen LogP contribution in [0, 0.1) is 5.92 Å². The van der Waals surface area contributed by atoms with Crippen molar-refractivity contribution in [2.45, 2.75) is 68.8 Å². The number of rotatable bonds is 9. The lowest BCUT2D eigenvalue weighted by Gasteiger charge is -2.35. The largest absolute Gasteiger partial charge is 0.522 e. The topological polar surface area (TPSA) is 50.7 Å². The van der Waals surface area contributed by atoms with E-state index in [9.17, 15) is 31.4 Å². The third-order valence-electron chi connectivity index (χ3n) is 6.19. The molecular weight excluding hydrogens is 512 g/mol. The molecule has 3 rings (SSSR count). The molecule has 2 aromatic rings. The first kappa shape index (κ1) is 28.6. The van der Waals surface area contributed by atoms with Gasteiger partial charge in [0, 0.05) is 12.6 Å². The lowest BCUT2D eigenvalue weighted by atomic mass is 9.80. The summed E-state index contributed by atoms with van der Waals surface area (Å²) in [5.74, 6) is 0.713. The second-order valence-corrected chi connectivity index (χ2v) is 9.56. The van der Waals surface area contributed by atoms with E-state index in [1.807, 2.05) is 19.1 Å². The molecule has 3 atom stereocenters. The number of aliphatic hydroxyl groups excluding tert-OH is 1. The summed E-state index contributed by atoms with van der Waals surface area (Å²) < 4.78 is 86.4. The minimum Gasteiger partial charge on any atom is -0.457 e. The van der Waals surface area contributed by atoms with E-state index < -0.39 is 37.3 Å². The molecule has 1 saturated carbocycles. The molecule has 200 valence electrons. The number of halogens is 7. The molecular formula is C25H28ClF6NO3. The maximum Gasteiger partial charge on any atom is 0.522 e. The fraction of sp³-hybridized carbons (Fsp3) is 0.520. The predicted molar refractivity (Wildman–Crippen MR) is 123 cm³/mol. The highest BCUT2D eigenvalue weighted by Gasteiger charge is 2.40. The molecule has 36 heavy (non-hydrogen) atoms. The molecule has 1 aliphatic rings. The molecule has 0 amide bonds. The van der Waals surface area contributed by atoms with E-state index in [0.717, 1.165) is 5.56 Å². The quantitative estimate of drug-likeness (QED) is 0.257. The fourth-order valence-electron chi connectivity index (χ4n) is 4.35. The summed E-state index contributed by atoms with van der Waals surface area (Å²) in [7, 11) is 0. The predicted octanol–water partition coefficient (Wildman–Crippen LogP) is 7.43. The normalized spacial score (nSPS) is 21.6. The van der Waals surface area contributed by atoms with Crippen molar-refractivity contribution in [2.75, 3.05) is 6.54 Å². The molecule has 2 N–H and O–H groups in total. The number of hydrogen-bond donors (Lipinski definition) is 2. The Hall–Kier alpha value is -2.01. The molecule has 3 unspecified atom stereocenters. The molecule has 1 fully saturated rings. The molecule has 2 aromatic carbocycles. The second kappa shape index (κ2) is 12.0. The number of benzene rings is 2. The van der Waals surface area contributed by atoms with Crippen molar-refractivity contribution >= 4 is 11.6 Å². The van der Waals surface area contributed by atoms with Crippen LogP contribution in [-0.4, -0.2) is 36.4 Å². The third-order valence-corrected chi connectivity index (χ3v) is 6.44. The smallest absolute Gasteiger partial charge is 0.457 e. The first-order chi connectivity index (χ1) is 16.8. The second-order valence-electron chi connectivity index (χ2n) is 8.90. The van der Waals surface area contributed by atoms with Gasteiger partial charge in [-0.3, -0.25) is 4.74 Å². The van der Waals surface area contributed by atoms with Crippen molar-refractivity contribution in [3.63, 3.8) is 0 Å². The van der Waals surface area contributed by atoms with Crippen molar-refractivity contribution in [1.29, 1.82) is 0 Å². The zero-order valence-electron chi connectivity index (χ0n) is 19.5. The van der Waals surface area contributed by atoms with Crippen LogP contribution >= 0.6 is 11.6 Å². The summed E-state index contributed by atoms with van der Waals surface area (Å²) in [6.07, 6.45) is -12.3. The Labute approximate surface area is 210 Å². The molecule has 0 bridgehead atoms. The van der Waals surface area contributed by atoms with Gasteiger partial charge in [-0.2, -0.15) is 13.2 Å². The van der Waals surface area contributed by atoms with E-state index in [1.165, 1.54) is 0 Å². The van der Waals surface area contributed by atoms with Crippen LogP contribution in [0.2, 0.25) is 0 Å². The molecule has 0 heterocycles. The van der Waals surface area contributed by atoms with E-state index >= 15 is 0 Å². The first-order valence-corrected chi connectivity index (χ1v) is 12.0. The van der Waals surface area contributed by atoms with Gasteiger partial charge in [-0.15, -0.1) is 24.8 Å². The number of hydrogen-bond acceptors (Lipinski definition) is 4. The van der Waals surface area contributed by atoms with Crippen LogP contribution in [-0.2, 0) is 4.74 Å². The number of nitrogens with one attached hydrogen (secondary N) is 1. The van der Waals surface area contributed by atoms with Crippen LogP contribution in [0.1, 0.15) is 55.2 Å². The highest BCUT2D eigenvalue weighted by atomic mass is 35.5. The average Bonchev–Trinajstić information content (AvgIpc) is 2.79. The molecule has 0 aromatic heterocycles. The number of alkyl halides is 7. The van der Waals surface area contributed by atoms with Gasteiger partial charge in [0.15, 0.2) is 6.10 Å². The number of ether oxygens (including phenoxy) is 2. The third kappa shape index (κ3) is 8.54. The van der Waals surface area contributed by atoms with Gasteiger partial charge in [0.1, 0.15) is 11.5 Å². The van der Waals surface area contributed by atoms with Crippen molar-refractivity contribution in [3.05, 3.63) is 59.7 Å². The molecule has 0 radical (unpaired) electrons. The first-order valence-electron chi connectivity index (χ1n) is 11.6. The Morgan fingerprint density at radius 2 is 1.58 bits per heavy atom. The Morgan fingerprint density at radius 1 is 0.944 bits per heavy atom. The summed E-state index contributed by atoms with van der Waals surface area (Å²) in [5.41, 5.74) is 1.52. The van der Waals surface area contributed by atoms with Crippen molar-refractivity contribution in [2.24, 2.45) is 5.92 Å². The highest BCUT2D eigenvalue weighted by Crippen LogP contribution is 2.39. The van der Waals surface area contributed by atoms with Gasteiger partial charge in [0.2, 0.25) is 0 Å². The van der Waals surface area contributed by atoms with Gasteiger partial charge in [-0.25, -0.2) is 0 Å². The zero-order chi connectivity index (χ0) is 26.5. The highest BCUT2D eigenvalue weighted by molar-refractivity contribution is 6.20. The van der Waals surface area contributed by atoms with Gasteiger partial charge >= 0.3 is 12.5 Å². The van der Waals surface area contributed by atoms with Crippen LogP contribution < -0.4 is 10.1 Å². The summed E-state index contributed by atoms with van der Waals surface area (Å²) in [5, 5.41) is 12.1.